The lowest BCUT2D eigenvalue weighted by atomic mass is 10.2. The van der Waals surface area contributed by atoms with Crippen LogP contribution in [0.25, 0.3) is 0 Å². The highest BCUT2D eigenvalue weighted by molar-refractivity contribution is 7.12. The van der Waals surface area contributed by atoms with Crippen molar-refractivity contribution >= 4 is 17.2 Å². The van der Waals surface area contributed by atoms with Gasteiger partial charge in [-0.25, -0.2) is 0 Å². The lowest BCUT2D eigenvalue weighted by Crippen LogP contribution is -2.34. The monoisotopic (exact) mass is 236 g/mol. The Morgan fingerprint density at radius 1 is 1.75 bits per heavy atom. The standard InChI is InChI=1S/C11H12N2O2S/c1-15-9-4-6-16-10(9)11(14)13-5-2-3-8(13)7-12/h4,6,8H,2-3,5H2,1H3. The van der Waals surface area contributed by atoms with Crippen molar-refractivity contribution in [3.63, 3.8) is 0 Å². The molecule has 1 saturated heterocycles. The number of rotatable bonds is 2. The van der Waals surface area contributed by atoms with E-state index in [9.17, 15) is 4.79 Å². The predicted molar refractivity (Wildman–Crippen MR) is 60.5 cm³/mol. The maximum absolute atomic E-state index is 12.2. The van der Waals surface area contributed by atoms with E-state index in [-0.39, 0.29) is 11.9 Å². The minimum atomic E-state index is -0.278. The van der Waals surface area contributed by atoms with Crippen LogP contribution < -0.4 is 4.74 Å². The maximum Gasteiger partial charge on any atom is 0.268 e. The van der Waals surface area contributed by atoms with E-state index in [0.29, 0.717) is 17.2 Å². The van der Waals surface area contributed by atoms with Gasteiger partial charge in [0.1, 0.15) is 16.7 Å². The van der Waals surface area contributed by atoms with E-state index in [2.05, 4.69) is 6.07 Å². The maximum atomic E-state index is 12.2. The van der Waals surface area contributed by atoms with Gasteiger partial charge in [-0.1, -0.05) is 0 Å². The molecule has 4 nitrogen and oxygen atoms in total. The van der Waals surface area contributed by atoms with Crippen molar-refractivity contribution in [2.45, 2.75) is 18.9 Å². The Hall–Kier alpha value is -1.54. The Morgan fingerprint density at radius 2 is 2.56 bits per heavy atom. The zero-order valence-electron chi connectivity index (χ0n) is 8.97. The number of carbonyl (C=O) groups excluding carboxylic acids is 1. The summed E-state index contributed by atoms with van der Waals surface area (Å²) in [5.41, 5.74) is 0. The zero-order valence-corrected chi connectivity index (χ0v) is 9.79. The molecule has 2 heterocycles. The number of nitrogens with zero attached hydrogens (tertiary/aromatic N) is 2. The van der Waals surface area contributed by atoms with Crippen molar-refractivity contribution in [1.29, 1.82) is 5.26 Å². The number of hydrogen-bond donors (Lipinski definition) is 0. The molecule has 1 aromatic heterocycles. The molecule has 1 atom stereocenters. The number of thiophene rings is 1. The largest absolute Gasteiger partial charge is 0.495 e. The van der Waals surface area contributed by atoms with Crippen LogP contribution in [-0.4, -0.2) is 30.5 Å². The highest BCUT2D eigenvalue weighted by atomic mass is 32.1. The molecule has 0 radical (unpaired) electrons. The van der Waals surface area contributed by atoms with Crippen LogP contribution in [0, 0.1) is 11.3 Å². The number of ether oxygens (including phenoxy) is 1. The molecular formula is C11H12N2O2S. The number of methoxy groups -OCH3 is 1. The summed E-state index contributed by atoms with van der Waals surface area (Å²) in [7, 11) is 1.55. The van der Waals surface area contributed by atoms with Gasteiger partial charge in [-0.2, -0.15) is 5.26 Å². The molecule has 2 rings (SSSR count). The summed E-state index contributed by atoms with van der Waals surface area (Å²) in [5, 5.41) is 10.8. The van der Waals surface area contributed by atoms with Crippen LogP contribution in [0.1, 0.15) is 22.5 Å². The first-order valence-electron chi connectivity index (χ1n) is 5.10. The van der Waals surface area contributed by atoms with E-state index < -0.39 is 0 Å². The molecule has 84 valence electrons. The molecule has 16 heavy (non-hydrogen) atoms. The number of likely N-dealkylation sites (tertiary alicyclic amines) is 1. The van der Waals surface area contributed by atoms with Gasteiger partial charge < -0.3 is 9.64 Å². The van der Waals surface area contributed by atoms with Gasteiger partial charge >= 0.3 is 0 Å². The van der Waals surface area contributed by atoms with Crippen molar-refractivity contribution in [2.24, 2.45) is 0 Å². The van der Waals surface area contributed by atoms with Crippen LogP contribution in [0.2, 0.25) is 0 Å². The van der Waals surface area contributed by atoms with Gasteiger partial charge in [-0.05, 0) is 24.3 Å². The van der Waals surface area contributed by atoms with Gasteiger partial charge in [0.05, 0.1) is 13.2 Å². The van der Waals surface area contributed by atoms with Crippen LogP contribution >= 0.6 is 11.3 Å². The first-order valence-corrected chi connectivity index (χ1v) is 5.98. The van der Waals surface area contributed by atoms with E-state index in [1.165, 1.54) is 11.3 Å². The minimum absolute atomic E-state index is 0.0871. The molecule has 0 spiro atoms. The van der Waals surface area contributed by atoms with Crippen LogP contribution in [0.4, 0.5) is 0 Å². The Labute approximate surface area is 98.0 Å². The summed E-state index contributed by atoms with van der Waals surface area (Å²) in [6.45, 7) is 0.665. The number of nitriles is 1. The van der Waals surface area contributed by atoms with Crippen LogP contribution in [0.5, 0.6) is 5.75 Å². The molecule has 5 heteroatoms. The SMILES string of the molecule is COc1ccsc1C(=O)N1CCCC1C#N. The van der Waals surface area contributed by atoms with Crippen LogP contribution in [0.3, 0.4) is 0 Å². The molecule has 0 aromatic carbocycles. The lowest BCUT2D eigenvalue weighted by molar-refractivity contribution is 0.0766. The fraction of sp³-hybridized carbons (Fsp3) is 0.455. The van der Waals surface area contributed by atoms with Crippen LogP contribution in [0.15, 0.2) is 11.4 Å². The summed E-state index contributed by atoms with van der Waals surface area (Å²) in [6, 6.07) is 3.66. The number of hydrogen-bond acceptors (Lipinski definition) is 4. The van der Waals surface area contributed by atoms with Gasteiger partial charge in [0.15, 0.2) is 0 Å². The topological polar surface area (TPSA) is 53.3 Å². The Balaban J connectivity index is 2.22. The van der Waals surface area contributed by atoms with Crippen molar-refractivity contribution in [2.75, 3.05) is 13.7 Å². The average Bonchev–Trinajstić information content (AvgIpc) is 2.96. The Bertz CT molecular complexity index is 435. The molecule has 0 saturated carbocycles. The zero-order chi connectivity index (χ0) is 11.5. The third-order valence-corrected chi connectivity index (χ3v) is 3.59. The predicted octanol–water partition coefficient (Wildman–Crippen LogP) is 1.88. The van der Waals surface area contributed by atoms with Crippen molar-refractivity contribution in [3.8, 4) is 11.8 Å². The molecule has 1 aromatic rings. The molecule has 1 aliphatic rings. The number of amides is 1. The molecule has 1 unspecified atom stereocenters. The lowest BCUT2D eigenvalue weighted by Gasteiger charge is -2.18. The molecule has 1 aliphatic heterocycles. The van der Waals surface area contributed by atoms with E-state index in [0.717, 1.165) is 12.8 Å². The molecular weight excluding hydrogens is 224 g/mol. The summed E-state index contributed by atoms with van der Waals surface area (Å²) < 4.78 is 5.11. The third kappa shape index (κ3) is 1.76. The summed E-state index contributed by atoms with van der Waals surface area (Å²) in [5.74, 6) is 0.509. The second kappa shape index (κ2) is 4.54. The van der Waals surface area contributed by atoms with Crippen molar-refractivity contribution in [3.05, 3.63) is 16.3 Å². The fourth-order valence-electron chi connectivity index (χ4n) is 1.89. The van der Waals surface area contributed by atoms with Crippen molar-refractivity contribution in [1.82, 2.24) is 4.90 Å². The molecule has 0 N–H and O–H groups in total. The summed E-state index contributed by atoms with van der Waals surface area (Å²) in [4.78, 5) is 14.4. The smallest absolute Gasteiger partial charge is 0.268 e. The second-order valence-corrected chi connectivity index (χ2v) is 4.52. The fourth-order valence-corrected chi connectivity index (χ4v) is 2.70. The highest BCUT2D eigenvalue weighted by Crippen LogP contribution is 2.28. The van der Waals surface area contributed by atoms with Gasteiger partial charge in [0, 0.05) is 6.54 Å². The highest BCUT2D eigenvalue weighted by Gasteiger charge is 2.31. The van der Waals surface area contributed by atoms with E-state index in [4.69, 9.17) is 10.00 Å². The molecule has 0 aliphatic carbocycles. The Kier molecular flexibility index (Phi) is 3.11. The van der Waals surface area contributed by atoms with E-state index >= 15 is 0 Å². The first kappa shape index (κ1) is 11.0. The minimum Gasteiger partial charge on any atom is -0.495 e. The van der Waals surface area contributed by atoms with Gasteiger partial charge in [0.2, 0.25) is 0 Å². The second-order valence-electron chi connectivity index (χ2n) is 3.60. The third-order valence-electron chi connectivity index (χ3n) is 2.71. The normalized spacial score (nSPS) is 19.5. The summed E-state index contributed by atoms with van der Waals surface area (Å²) in [6.07, 6.45) is 1.67. The van der Waals surface area contributed by atoms with Gasteiger partial charge in [-0.15, -0.1) is 11.3 Å². The van der Waals surface area contributed by atoms with Gasteiger partial charge in [-0.3, -0.25) is 4.79 Å². The molecule has 1 fully saturated rings. The Morgan fingerprint density at radius 3 is 3.25 bits per heavy atom. The van der Waals surface area contributed by atoms with E-state index in [1.54, 1.807) is 18.1 Å². The quantitative estimate of drug-likeness (QED) is 0.787. The summed E-state index contributed by atoms with van der Waals surface area (Å²) >= 11 is 1.36. The van der Waals surface area contributed by atoms with Crippen LogP contribution in [-0.2, 0) is 0 Å². The average molecular weight is 236 g/mol. The first-order chi connectivity index (χ1) is 7.77. The number of carbonyl (C=O) groups is 1. The molecule has 0 bridgehead atoms. The van der Waals surface area contributed by atoms with E-state index in [1.807, 2.05) is 5.38 Å². The molecule has 1 amide bonds. The van der Waals surface area contributed by atoms with Crippen molar-refractivity contribution < 1.29 is 9.53 Å². The van der Waals surface area contributed by atoms with Gasteiger partial charge in [0.25, 0.3) is 5.91 Å².